The van der Waals surface area contributed by atoms with Crippen LogP contribution in [0.25, 0.3) is 0 Å². The van der Waals surface area contributed by atoms with Gasteiger partial charge in [-0.3, -0.25) is 9.48 Å². The van der Waals surface area contributed by atoms with Crippen LogP contribution in [0.1, 0.15) is 23.1 Å². The molecule has 0 aliphatic carbocycles. The highest BCUT2D eigenvalue weighted by atomic mass is 16.1. The molecule has 0 unspecified atom stereocenters. The summed E-state index contributed by atoms with van der Waals surface area (Å²) in [6.45, 7) is 3.49. The van der Waals surface area contributed by atoms with Crippen molar-refractivity contribution >= 4 is 11.7 Å². The zero-order chi connectivity index (χ0) is 13.7. The Kier molecular flexibility index (Phi) is 4.12. The smallest absolute Gasteiger partial charge is 0.269 e. The van der Waals surface area contributed by atoms with E-state index in [0.717, 1.165) is 12.2 Å². The molecule has 0 bridgehead atoms. The number of hydrogen-bond acceptors (Lipinski definition) is 4. The minimum atomic E-state index is -0.192. The number of aromatic nitrogens is 3. The Balaban J connectivity index is 2.05. The van der Waals surface area contributed by atoms with E-state index in [-0.39, 0.29) is 5.91 Å². The van der Waals surface area contributed by atoms with Crippen LogP contribution in [0, 0.1) is 0 Å². The third-order valence-corrected chi connectivity index (χ3v) is 2.76. The summed E-state index contributed by atoms with van der Waals surface area (Å²) in [6, 6.07) is 7.27. The monoisotopic (exact) mass is 259 g/mol. The summed E-state index contributed by atoms with van der Waals surface area (Å²) in [5.74, 6) is 0.479. The van der Waals surface area contributed by atoms with Crippen molar-refractivity contribution in [3.63, 3.8) is 0 Å². The van der Waals surface area contributed by atoms with Crippen molar-refractivity contribution in [2.24, 2.45) is 0 Å². The Morgan fingerprint density at radius 3 is 2.95 bits per heavy atom. The molecule has 2 heterocycles. The van der Waals surface area contributed by atoms with Crippen molar-refractivity contribution in [1.29, 1.82) is 0 Å². The average Bonchev–Trinajstić information content (AvgIpc) is 2.92. The maximum atomic E-state index is 11.5. The summed E-state index contributed by atoms with van der Waals surface area (Å²) >= 11 is 0. The van der Waals surface area contributed by atoms with Crippen molar-refractivity contribution in [2.45, 2.75) is 20.0 Å². The van der Waals surface area contributed by atoms with Gasteiger partial charge in [0, 0.05) is 19.8 Å². The van der Waals surface area contributed by atoms with Gasteiger partial charge in [-0.15, -0.1) is 0 Å². The molecule has 6 nitrogen and oxygen atoms in total. The molecule has 0 aromatic carbocycles. The van der Waals surface area contributed by atoms with Gasteiger partial charge in [-0.2, -0.15) is 5.10 Å². The second-order valence-electron chi connectivity index (χ2n) is 3.98. The highest BCUT2D eigenvalue weighted by molar-refractivity contribution is 5.92. The zero-order valence-corrected chi connectivity index (χ0v) is 11.1. The molecule has 2 aromatic heterocycles. The zero-order valence-electron chi connectivity index (χ0n) is 11.1. The lowest BCUT2D eigenvalue weighted by atomic mass is 10.3. The van der Waals surface area contributed by atoms with Crippen molar-refractivity contribution in [1.82, 2.24) is 20.1 Å². The Labute approximate surface area is 111 Å². The molecule has 19 heavy (non-hydrogen) atoms. The van der Waals surface area contributed by atoms with Gasteiger partial charge in [0.05, 0.1) is 12.2 Å². The van der Waals surface area contributed by atoms with E-state index in [4.69, 9.17) is 0 Å². The van der Waals surface area contributed by atoms with Gasteiger partial charge >= 0.3 is 0 Å². The summed E-state index contributed by atoms with van der Waals surface area (Å²) < 4.78 is 1.91. The summed E-state index contributed by atoms with van der Waals surface area (Å²) in [4.78, 5) is 15.7. The second-order valence-corrected chi connectivity index (χ2v) is 3.98. The highest BCUT2D eigenvalue weighted by Gasteiger charge is 2.06. The van der Waals surface area contributed by atoms with E-state index in [0.29, 0.717) is 18.1 Å². The maximum absolute atomic E-state index is 11.5. The lowest BCUT2D eigenvalue weighted by molar-refractivity contribution is 0.0958. The fraction of sp³-hybridized carbons (Fsp3) is 0.308. The lowest BCUT2D eigenvalue weighted by Crippen LogP contribution is -2.19. The Hall–Kier alpha value is -2.37. The molecule has 1 amide bonds. The number of nitrogens with zero attached hydrogens (tertiary/aromatic N) is 3. The van der Waals surface area contributed by atoms with Crippen LogP contribution in [0.4, 0.5) is 5.82 Å². The van der Waals surface area contributed by atoms with Crippen molar-refractivity contribution < 1.29 is 4.79 Å². The SMILES string of the molecule is CCn1nccc1CNc1cccc(C(=O)NC)n1. The number of anilines is 1. The van der Waals surface area contributed by atoms with E-state index in [1.165, 1.54) is 0 Å². The van der Waals surface area contributed by atoms with Crippen LogP contribution < -0.4 is 10.6 Å². The van der Waals surface area contributed by atoms with Crippen molar-refractivity contribution in [3.8, 4) is 0 Å². The van der Waals surface area contributed by atoms with E-state index >= 15 is 0 Å². The lowest BCUT2D eigenvalue weighted by Gasteiger charge is -2.08. The van der Waals surface area contributed by atoms with Crippen LogP contribution in [-0.2, 0) is 13.1 Å². The number of hydrogen-bond donors (Lipinski definition) is 2. The van der Waals surface area contributed by atoms with Gasteiger partial charge in [0.15, 0.2) is 0 Å². The van der Waals surface area contributed by atoms with E-state index in [1.54, 1.807) is 25.4 Å². The van der Waals surface area contributed by atoms with Crippen LogP contribution in [0.5, 0.6) is 0 Å². The molecule has 2 N–H and O–H groups in total. The predicted molar refractivity (Wildman–Crippen MR) is 72.9 cm³/mol. The number of amides is 1. The van der Waals surface area contributed by atoms with Gasteiger partial charge in [-0.05, 0) is 25.1 Å². The number of aryl methyl sites for hydroxylation is 1. The molecule has 0 atom stereocenters. The van der Waals surface area contributed by atoms with Gasteiger partial charge in [-0.25, -0.2) is 4.98 Å². The topological polar surface area (TPSA) is 71.8 Å². The number of rotatable bonds is 5. The molecule has 6 heteroatoms. The van der Waals surface area contributed by atoms with Gasteiger partial charge in [-0.1, -0.05) is 6.07 Å². The number of nitrogens with one attached hydrogen (secondary N) is 2. The van der Waals surface area contributed by atoms with Gasteiger partial charge in [0.25, 0.3) is 5.91 Å². The largest absolute Gasteiger partial charge is 0.364 e. The van der Waals surface area contributed by atoms with Gasteiger partial charge < -0.3 is 10.6 Å². The molecule has 0 aliphatic rings. The fourth-order valence-electron chi connectivity index (χ4n) is 1.76. The van der Waals surface area contributed by atoms with E-state index < -0.39 is 0 Å². The first kappa shape index (κ1) is 13.1. The number of carbonyl (C=O) groups excluding carboxylic acids is 1. The average molecular weight is 259 g/mol. The molecule has 0 spiro atoms. The minimum absolute atomic E-state index is 0.192. The van der Waals surface area contributed by atoms with Gasteiger partial charge in [0.2, 0.25) is 0 Å². The second kappa shape index (κ2) is 5.99. The van der Waals surface area contributed by atoms with E-state index in [9.17, 15) is 4.79 Å². The quantitative estimate of drug-likeness (QED) is 0.848. The Bertz CT molecular complexity index is 564. The maximum Gasteiger partial charge on any atom is 0.269 e. The Morgan fingerprint density at radius 2 is 2.21 bits per heavy atom. The van der Waals surface area contributed by atoms with Crippen LogP contribution in [-0.4, -0.2) is 27.7 Å². The van der Waals surface area contributed by atoms with Crippen molar-refractivity contribution in [3.05, 3.63) is 41.9 Å². The molecule has 0 fully saturated rings. The molecule has 0 saturated carbocycles. The van der Waals surface area contributed by atoms with E-state index in [2.05, 4.69) is 20.7 Å². The normalized spacial score (nSPS) is 10.2. The molecular formula is C13H17N5O. The predicted octanol–water partition coefficient (Wildman–Crippen LogP) is 1.27. The van der Waals surface area contributed by atoms with E-state index in [1.807, 2.05) is 23.7 Å². The molecule has 0 saturated heterocycles. The molecule has 0 aliphatic heterocycles. The molecule has 2 aromatic rings. The third kappa shape index (κ3) is 3.09. The molecule has 100 valence electrons. The van der Waals surface area contributed by atoms with Crippen LogP contribution in [0.15, 0.2) is 30.5 Å². The van der Waals surface area contributed by atoms with Gasteiger partial charge in [0.1, 0.15) is 11.5 Å². The van der Waals surface area contributed by atoms with Crippen LogP contribution in [0.2, 0.25) is 0 Å². The first-order chi connectivity index (χ1) is 9.24. The number of carbonyl (C=O) groups is 1. The molecule has 0 radical (unpaired) electrons. The highest BCUT2D eigenvalue weighted by Crippen LogP contribution is 2.07. The Morgan fingerprint density at radius 1 is 1.37 bits per heavy atom. The van der Waals surface area contributed by atoms with Crippen LogP contribution in [0.3, 0.4) is 0 Å². The third-order valence-electron chi connectivity index (χ3n) is 2.76. The van der Waals surface area contributed by atoms with Crippen LogP contribution >= 0.6 is 0 Å². The molecular weight excluding hydrogens is 242 g/mol. The summed E-state index contributed by atoms with van der Waals surface area (Å²) in [5, 5.41) is 9.94. The standard InChI is InChI=1S/C13H17N5O/c1-3-18-10(7-8-16-18)9-15-12-6-4-5-11(17-12)13(19)14-2/h4-8H,3,9H2,1-2H3,(H,14,19)(H,15,17). The summed E-state index contributed by atoms with van der Waals surface area (Å²) in [7, 11) is 1.59. The number of pyridine rings is 1. The minimum Gasteiger partial charge on any atom is -0.364 e. The molecule has 2 rings (SSSR count). The fourth-order valence-corrected chi connectivity index (χ4v) is 1.76. The first-order valence-electron chi connectivity index (χ1n) is 6.18. The summed E-state index contributed by atoms with van der Waals surface area (Å²) in [6.07, 6.45) is 1.77. The van der Waals surface area contributed by atoms with Crippen molar-refractivity contribution in [2.75, 3.05) is 12.4 Å². The summed E-state index contributed by atoms with van der Waals surface area (Å²) in [5.41, 5.74) is 1.48. The first-order valence-corrected chi connectivity index (χ1v) is 6.18.